The van der Waals surface area contributed by atoms with Gasteiger partial charge in [0.05, 0.1) is 18.9 Å². The second-order valence-electron chi connectivity index (χ2n) is 5.31. The smallest absolute Gasteiger partial charge is 0.234 e. The van der Waals surface area contributed by atoms with E-state index in [4.69, 9.17) is 0 Å². The molecule has 1 heterocycles. The maximum Gasteiger partial charge on any atom is 0.234 e. The van der Waals surface area contributed by atoms with E-state index in [-0.39, 0.29) is 11.9 Å². The molecule has 1 atom stereocenters. The molecule has 0 radical (unpaired) electrons. The topological polar surface area (TPSA) is 50.2 Å². The van der Waals surface area contributed by atoms with Crippen LogP contribution in [-0.4, -0.2) is 40.0 Å². The van der Waals surface area contributed by atoms with Crippen LogP contribution in [0.4, 0.5) is 0 Å². The normalized spacial score (nSPS) is 12.4. The number of nitrogens with zero attached hydrogens (tertiary/aromatic N) is 3. The molecule has 118 valence electrons. The zero-order valence-electron chi connectivity index (χ0n) is 13.5. The van der Waals surface area contributed by atoms with E-state index in [0.717, 1.165) is 24.3 Å². The van der Waals surface area contributed by atoms with E-state index in [1.54, 1.807) is 12.5 Å². The summed E-state index contributed by atoms with van der Waals surface area (Å²) in [5.41, 5.74) is 2.15. The van der Waals surface area contributed by atoms with Crippen LogP contribution < -0.4 is 5.32 Å². The summed E-state index contributed by atoms with van der Waals surface area (Å²) in [7, 11) is 0. The molecule has 0 aliphatic carbocycles. The van der Waals surface area contributed by atoms with Gasteiger partial charge in [-0.2, -0.15) is 0 Å². The van der Waals surface area contributed by atoms with Crippen LogP contribution in [0.25, 0.3) is 5.69 Å². The number of hydrogen-bond donors (Lipinski definition) is 1. The number of aromatic nitrogens is 2. The number of rotatable bonds is 7. The van der Waals surface area contributed by atoms with Crippen molar-refractivity contribution in [1.29, 1.82) is 0 Å². The molecule has 0 aliphatic heterocycles. The van der Waals surface area contributed by atoms with E-state index in [9.17, 15) is 4.79 Å². The van der Waals surface area contributed by atoms with Crippen molar-refractivity contribution in [3.63, 3.8) is 0 Å². The lowest BCUT2D eigenvalue weighted by molar-refractivity contribution is -0.122. The Bertz CT molecular complexity index is 573. The molecule has 2 rings (SSSR count). The molecule has 1 amide bonds. The fourth-order valence-corrected chi connectivity index (χ4v) is 2.37. The molecule has 2 aromatic rings. The second-order valence-corrected chi connectivity index (χ2v) is 5.31. The number of nitrogens with one attached hydrogen (secondary N) is 1. The summed E-state index contributed by atoms with van der Waals surface area (Å²) in [4.78, 5) is 18.2. The summed E-state index contributed by atoms with van der Waals surface area (Å²) in [5, 5.41) is 3.05. The molecule has 1 unspecified atom stereocenters. The standard InChI is InChI=1S/C17H24N4O/c1-4-20(5-2)12-17(22)19-14(3)15-6-8-16(9-7-15)21-11-10-18-13-21/h6-11,13-14H,4-5,12H2,1-3H3,(H,19,22). The molecule has 5 heteroatoms. The fraction of sp³-hybridized carbons (Fsp3) is 0.412. The molecular weight excluding hydrogens is 276 g/mol. The molecule has 0 spiro atoms. The molecule has 0 bridgehead atoms. The van der Waals surface area contributed by atoms with E-state index in [1.165, 1.54) is 0 Å². The van der Waals surface area contributed by atoms with Gasteiger partial charge in [0.2, 0.25) is 5.91 Å². The monoisotopic (exact) mass is 300 g/mol. The number of likely N-dealkylation sites (N-methyl/N-ethyl adjacent to an activating group) is 1. The highest BCUT2D eigenvalue weighted by molar-refractivity contribution is 5.78. The minimum atomic E-state index is -0.0000931. The lowest BCUT2D eigenvalue weighted by atomic mass is 10.1. The number of imidazole rings is 1. The summed E-state index contributed by atoms with van der Waals surface area (Å²) in [6.45, 7) is 8.36. The maximum absolute atomic E-state index is 12.0. The van der Waals surface area contributed by atoms with E-state index in [1.807, 2.05) is 42.0 Å². The minimum absolute atomic E-state index is 0.0000931. The van der Waals surface area contributed by atoms with Crippen LogP contribution in [0.3, 0.4) is 0 Å². The molecule has 0 aliphatic rings. The number of benzene rings is 1. The third-order valence-electron chi connectivity index (χ3n) is 3.83. The van der Waals surface area contributed by atoms with Crippen molar-refractivity contribution in [3.8, 4) is 5.69 Å². The van der Waals surface area contributed by atoms with Gasteiger partial charge in [-0.3, -0.25) is 9.69 Å². The van der Waals surface area contributed by atoms with Gasteiger partial charge >= 0.3 is 0 Å². The van der Waals surface area contributed by atoms with Gasteiger partial charge in [0, 0.05) is 18.1 Å². The highest BCUT2D eigenvalue weighted by atomic mass is 16.2. The van der Waals surface area contributed by atoms with Gasteiger partial charge in [-0.25, -0.2) is 4.98 Å². The molecule has 0 saturated carbocycles. The summed E-state index contributed by atoms with van der Waals surface area (Å²) in [5.74, 6) is 0.0647. The third kappa shape index (κ3) is 4.18. The molecule has 22 heavy (non-hydrogen) atoms. The first-order chi connectivity index (χ1) is 10.6. The van der Waals surface area contributed by atoms with Crippen LogP contribution in [0, 0.1) is 0 Å². The third-order valence-corrected chi connectivity index (χ3v) is 3.83. The van der Waals surface area contributed by atoms with Gasteiger partial charge in [0.15, 0.2) is 0 Å². The summed E-state index contributed by atoms with van der Waals surface area (Å²) in [6, 6.07) is 8.14. The summed E-state index contributed by atoms with van der Waals surface area (Å²) in [6.07, 6.45) is 5.43. The molecule has 1 N–H and O–H groups in total. The Morgan fingerprint density at radius 2 is 1.95 bits per heavy atom. The maximum atomic E-state index is 12.0. The summed E-state index contributed by atoms with van der Waals surface area (Å²) < 4.78 is 1.95. The largest absolute Gasteiger partial charge is 0.348 e. The molecule has 0 fully saturated rings. The quantitative estimate of drug-likeness (QED) is 0.854. The van der Waals surface area contributed by atoms with Crippen LogP contribution in [0.5, 0.6) is 0 Å². The van der Waals surface area contributed by atoms with E-state index in [0.29, 0.717) is 6.54 Å². The van der Waals surface area contributed by atoms with Crippen LogP contribution in [0.15, 0.2) is 43.0 Å². The van der Waals surface area contributed by atoms with Crippen LogP contribution in [0.1, 0.15) is 32.4 Å². The lowest BCUT2D eigenvalue weighted by Crippen LogP contribution is -2.38. The zero-order chi connectivity index (χ0) is 15.9. The first-order valence-corrected chi connectivity index (χ1v) is 7.74. The lowest BCUT2D eigenvalue weighted by Gasteiger charge is -2.20. The Kier molecular flexibility index (Phi) is 5.72. The summed E-state index contributed by atoms with van der Waals surface area (Å²) >= 11 is 0. The van der Waals surface area contributed by atoms with E-state index in [2.05, 4.69) is 29.0 Å². The van der Waals surface area contributed by atoms with Crippen molar-refractivity contribution in [2.45, 2.75) is 26.8 Å². The Morgan fingerprint density at radius 1 is 1.27 bits per heavy atom. The highest BCUT2D eigenvalue weighted by Gasteiger charge is 2.12. The van der Waals surface area contributed by atoms with Crippen molar-refractivity contribution in [2.75, 3.05) is 19.6 Å². The van der Waals surface area contributed by atoms with Crippen LogP contribution in [-0.2, 0) is 4.79 Å². The zero-order valence-corrected chi connectivity index (χ0v) is 13.5. The van der Waals surface area contributed by atoms with E-state index >= 15 is 0 Å². The fourth-order valence-electron chi connectivity index (χ4n) is 2.37. The number of carbonyl (C=O) groups excluding carboxylic acids is 1. The first kappa shape index (κ1) is 16.2. The van der Waals surface area contributed by atoms with Gasteiger partial charge in [0.1, 0.15) is 0 Å². The Balaban J connectivity index is 1.95. The molecule has 5 nitrogen and oxygen atoms in total. The van der Waals surface area contributed by atoms with Crippen LogP contribution in [0.2, 0.25) is 0 Å². The predicted octanol–water partition coefficient (Wildman–Crippen LogP) is 2.39. The van der Waals surface area contributed by atoms with Crippen LogP contribution >= 0.6 is 0 Å². The molecule has 0 saturated heterocycles. The Hall–Kier alpha value is -2.14. The average Bonchev–Trinajstić information content (AvgIpc) is 3.07. The molecule has 1 aromatic carbocycles. The van der Waals surface area contributed by atoms with Crippen molar-refractivity contribution < 1.29 is 4.79 Å². The molecular formula is C17H24N4O. The predicted molar refractivity (Wildman–Crippen MR) is 87.9 cm³/mol. The first-order valence-electron chi connectivity index (χ1n) is 7.74. The molecule has 1 aromatic heterocycles. The Morgan fingerprint density at radius 3 is 2.50 bits per heavy atom. The number of amides is 1. The van der Waals surface area contributed by atoms with Gasteiger partial charge in [0.25, 0.3) is 0 Å². The highest BCUT2D eigenvalue weighted by Crippen LogP contribution is 2.15. The minimum Gasteiger partial charge on any atom is -0.348 e. The number of carbonyl (C=O) groups is 1. The Labute approximate surface area is 132 Å². The number of hydrogen-bond acceptors (Lipinski definition) is 3. The van der Waals surface area contributed by atoms with Gasteiger partial charge < -0.3 is 9.88 Å². The van der Waals surface area contributed by atoms with Crippen molar-refractivity contribution >= 4 is 5.91 Å². The van der Waals surface area contributed by atoms with Crippen molar-refractivity contribution in [2.24, 2.45) is 0 Å². The van der Waals surface area contributed by atoms with Gasteiger partial charge in [-0.15, -0.1) is 0 Å². The SMILES string of the molecule is CCN(CC)CC(=O)NC(C)c1ccc(-n2ccnc2)cc1. The average molecular weight is 300 g/mol. The van der Waals surface area contributed by atoms with E-state index < -0.39 is 0 Å². The second kappa shape index (κ2) is 7.75. The van der Waals surface area contributed by atoms with Crippen molar-refractivity contribution in [1.82, 2.24) is 19.8 Å². The van der Waals surface area contributed by atoms with Gasteiger partial charge in [-0.05, 0) is 37.7 Å². The van der Waals surface area contributed by atoms with Gasteiger partial charge in [-0.1, -0.05) is 26.0 Å². The van der Waals surface area contributed by atoms with Crippen molar-refractivity contribution in [3.05, 3.63) is 48.5 Å².